The summed E-state index contributed by atoms with van der Waals surface area (Å²) < 4.78 is 0. The van der Waals surface area contributed by atoms with Gasteiger partial charge in [-0.15, -0.1) is 0 Å². The Morgan fingerprint density at radius 3 is 2.70 bits per heavy atom. The SMILES string of the molecule is C=CN=C(C)C=N/C=C\C. The zero-order valence-electron chi connectivity index (χ0n) is 6.41. The maximum atomic E-state index is 3.92. The van der Waals surface area contributed by atoms with E-state index in [0.717, 1.165) is 5.71 Å². The second-order valence-corrected chi connectivity index (χ2v) is 1.71. The molecule has 0 aromatic heterocycles. The number of nitrogens with zero attached hydrogens (tertiary/aromatic N) is 2. The fourth-order valence-electron chi connectivity index (χ4n) is 0.414. The van der Waals surface area contributed by atoms with Crippen LogP contribution in [0.5, 0.6) is 0 Å². The molecule has 0 heterocycles. The third-order valence-electron chi connectivity index (χ3n) is 0.791. The standard InChI is InChI=1S/C8H12N2/c1-4-6-9-7-8(3)10-5-2/h4-7H,2H2,1,3H3/b6-4-,9-7?,10-8?. The van der Waals surface area contributed by atoms with Crippen LogP contribution >= 0.6 is 0 Å². The molecule has 0 radical (unpaired) electrons. The molecule has 0 amide bonds. The van der Waals surface area contributed by atoms with E-state index in [0.29, 0.717) is 0 Å². The molecule has 0 aliphatic rings. The van der Waals surface area contributed by atoms with Crippen molar-refractivity contribution in [3.8, 4) is 0 Å². The van der Waals surface area contributed by atoms with Crippen LogP contribution in [0.3, 0.4) is 0 Å². The lowest BCUT2D eigenvalue weighted by Gasteiger charge is -1.82. The Labute approximate surface area is 61.7 Å². The van der Waals surface area contributed by atoms with Gasteiger partial charge in [0.25, 0.3) is 0 Å². The Bertz CT molecular complexity index is 176. The minimum absolute atomic E-state index is 0.855. The van der Waals surface area contributed by atoms with Crippen molar-refractivity contribution in [3.63, 3.8) is 0 Å². The van der Waals surface area contributed by atoms with Crippen LogP contribution < -0.4 is 0 Å². The smallest absolute Gasteiger partial charge is 0.0554 e. The van der Waals surface area contributed by atoms with Gasteiger partial charge in [-0.2, -0.15) is 0 Å². The second kappa shape index (κ2) is 5.95. The summed E-state index contributed by atoms with van der Waals surface area (Å²) in [6, 6.07) is 0. The number of hydrogen-bond donors (Lipinski definition) is 0. The summed E-state index contributed by atoms with van der Waals surface area (Å²) in [5.41, 5.74) is 0.855. The topological polar surface area (TPSA) is 24.7 Å². The van der Waals surface area contributed by atoms with Crippen molar-refractivity contribution in [1.82, 2.24) is 0 Å². The van der Waals surface area contributed by atoms with Gasteiger partial charge in [-0.3, -0.25) is 9.98 Å². The molecule has 0 aliphatic carbocycles. The Morgan fingerprint density at radius 1 is 1.50 bits per heavy atom. The number of rotatable bonds is 3. The summed E-state index contributed by atoms with van der Waals surface area (Å²) in [4.78, 5) is 7.82. The summed E-state index contributed by atoms with van der Waals surface area (Å²) in [5, 5.41) is 0. The van der Waals surface area contributed by atoms with Crippen molar-refractivity contribution >= 4 is 11.9 Å². The van der Waals surface area contributed by atoms with E-state index in [2.05, 4.69) is 16.6 Å². The molecule has 0 saturated carbocycles. The lowest BCUT2D eigenvalue weighted by atomic mass is 10.5. The molecular formula is C8H12N2. The molecule has 0 rings (SSSR count). The first-order chi connectivity index (χ1) is 4.81. The maximum absolute atomic E-state index is 3.92. The Balaban J connectivity index is 3.88. The van der Waals surface area contributed by atoms with Gasteiger partial charge in [0.2, 0.25) is 0 Å². The fourth-order valence-corrected chi connectivity index (χ4v) is 0.414. The summed E-state index contributed by atoms with van der Waals surface area (Å²) in [5.74, 6) is 0. The lowest BCUT2D eigenvalue weighted by Crippen LogP contribution is -1.89. The summed E-state index contributed by atoms with van der Waals surface area (Å²) >= 11 is 0. The van der Waals surface area contributed by atoms with Crippen molar-refractivity contribution in [2.75, 3.05) is 0 Å². The predicted molar refractivity (Wildman–Crippen MR) is 46.6 cm³/mol. The third kappa shape index (κ3) is 4.97. The molecule has 2 heteroatoms. The summed E-state index contributed by atoms with van der Waals surface area (Å²) in [6.45, 7) is 7.25. The summed E-state index contributed by atoms with van der Waals surface area (Å²) in [6.07, 6.45) is 6.75. The van der Waals surface area contributed by atoms with Crippen LogP contribution in [0.4, 0.5) is 0 Å². The average molecular weight is 136 g/mol. The molecule has 0 aliphatic heterocycles. The Kier molecular flexibility index (Phi) is 5.25. The van der Waals surface area contributed by atoms with E-state index < -0.39 is 0 Å². The highest BCUT2D eigenvalue weighted by Gasteiger charge is 1.76. The van der Waals surface area contributed by atoms with Crippen LogP contribution in [0.25, 0.3) is 0 Å². The average Bonchev–Trinajstić information content (AvgIpc) is 1.89. The van der Waals surface area contributed by atoms with Gasteiger partial charge in [0, 0.05) is 18.6 Å². The first-order valence-electron chi connectivity index (χ1n) is 3.11. The van der Waals surface area contributed by atoms with E-state index in [1.807, 2.05) is 19.9 Å². The molecule has 0 unspecified atom stereocenters. The monoisotopic (exact) mass is 136 g/mol. The van der Waals surface area contributed by atoms with Crippen molar-refractivity contribution in [2.45, 2.75) is 13.8 Å². The maximum Gasteiger partial charge on any atom is 0.0554 e. The fraction of sp³-hybridized carbons (Fsp3) is 0.250. The highest BCUT2D eigenvalue weighted by molar-refractivity contribution is 6.29. The molecule has 2 nitrogen and oxygen atoms in total. The van der Waals surface area contributed by atoms with Gasteiger partial charge in [-0.1, -0.05) is 12.7 Å². The van der Waals surface area contributed by atoms with Gasteiger partial charge in [0.05, 0.1) is 5.71 Å². The van der Waals surface area contributed by atoms with E-state index in [1.165, 1.54) is 6.20 Å². The molecule has 10 heavy (non-hydrogen) atoms. The van der Waals surface area contributed by atoms with Crippen molar-refractivity contribution in [1.29, 1.82) is 0 Å². The zero-order chi connectivity index (χ0) is 7.82. The zero-order valence-corrected chi connectivity index (χ0v) is 6.41. The lowest BCUT2D eigenvalue weighted by molar-refractivity contribution is 1.53. The molecular weight excluding hydrogens is 124 g/mol. The van der Waals surface area contributed by atoms with Gasteiger partial charge < -0.3 is 0 Å². The molecule has 0 bridgehead atoms. The molecule has 0 aromatic carbocycles. The van der Waals surface area contributed by atoms with Gasteiger partial charge >= 0.3 is 0 Å². The van der Waals surface area contributed by atoms with Crippen LogP contribution in [-0.4, -0.2) is 11.9 Å². The van der Waals surface area contributed by atoms with Crippen LogP contribution in [0, 0.1) is 0 Å². The van der Waals surface area contributed by atoms with Gasteiger partial charge in [0.1, 0.15) is 0 Å². The summed E-state index contributed by atoms with van der Waals surface area (Å²) in [7, 11) is 0. The van der Waals surface area contributed by atoms with Crippen LogP contribution in [-0.2, 0) is 0 Å². The van der Waals surface area contributed by atoms with Crippen molar-refractivity contribution in [2.24, 2.45) is 9.98 Å². The molecule has 0 aromatic rings. The van der Waals surface area contributed by atoms with E-state index in [9.17, 15) is 0 Å². The van der Waals surface area contributed by atoms with Crippen LogP contribution in [0.15, 0.2) is 35.0 Å². The normalized spacial score (nSPS) is 13.2. The largest absolute Gasteiger partial charge is 0.263 e. The van der Waals surface area contributed by atoms with Gasteiger partial charge in [-0.25, -0.2) is 0 Å². The van der Waals surface area contributed by atoms with Crippen LogP contribution in [0.2, 0.25) is 0 Å². The second-order valence-electron chi connectivity index (χ2n) is 1.71. The highest BCUT2D eigenvalue weighted by atomic mass is 14.7. The molecule has 0 fully saturated rings. The van der Waals surface area contributed by atoms with Crippen molar-refractivity contribution < 1.29 is 0 Å². The van der Waals surface area contributed by atoms with E-state index in [4.69, 9.17) is 0 Å². The molecule has 0 saturated heterocycles. The first kappa shape index (κ1) is 8.82. The minimum Gasteiger partial charge on any atom is -0.263 e. The Hall–Kier alpha value is -1.18. The van der Waals surface area contributed by atoms with E-state index >= 15 is 0 Å². The third-order valence-corrected chi connectivity index (χ3v) is 0.791. The number of aliphatic imine (C=N–C) groups is 2. The van der Waals surface area contributed by atoms with Crippen molar-refractivity contribution in [3.05, 3.63) is 25.1 Å². The number of hydrogen-bond acceptors (Lipinski definition) is 2. The van der Waals surface area contributed by atoms with E-state index in [1.54, 1.807) is 12.4 Å². The van der Waals surface area contributed by atoms with Gasteiger partial charge in [0.15, 0.2) is 0 Å². The van der Waals surface area contributed by atoms with Gasteiger partial charge in [-0.05, 0) is 13.8 Å². The molecule has 54 valence electrons. The predicted octanol–water partition coefficient (Wildman–Crippen LogP) is 2.20. The molecule has 0 spiro atoms. The number of allylic oxidation sites excluding steroid dienone is 1. The Morgan fingerprint density at radius 2 is 2.20 bits per heavy atom. The molecule has 0 atom stereocenters. The minimum atomic E-state index is 0.855. The molecule has 0 N–H and O–H groups in total. The highest BCUT2D eigenvalue weighted by Crippen LogP contribution is 1.76. The van der Waals surface area contributed by atoms with Crippen LogP contribution in [0.1, 0.15) is 13.8 Å². The van der Waals surface area contributed by atoms with E-state index in [-0.39, 0.29) is 0 Å². The quantitative estimate of drug-likeness (QED) is 0.531. The first-order valence-corrected chi connectivity index (χ1v) is 3.11.